The minimum atomic E-state index is 0.469. The third-order valence-electron chi connectivity index (χ3n) is 2.71. The number of rotatable bonds is 5. The van der Waals surface area contributed by atoms with Crippen LogP contribution in [0.2, 0.25) is 0 Å². The zero-order valence-corrected chi connectivity index (χ0v) is 12.6. The summed E-state index contributed by atoms with van der Waals surface area (Å²) in [6.07, 6.45) is 0.882. The third kappa shape index (κ3) is 3.10. The molecular weight excluding hydrogens is 312 g/mol. The number of benzene rings is 1. The van der Waals surface area contributed by atoms with Gasteiger partial charge in [-0.2, -0.15) is 0 Å². The van der Waals surface area contributed by atoms with Crippen LogP contribution in [0.3, 0.4) is 0 Å². The van der Waals surface area contributed by atoms with E-state index in [2.05, 4.69) is 20.9 Å². The van der Waals surface area contributed by atoms with Gasteiger partial charge in [0.1, 0.15) is 5.75 Å². The van der Waals surface area contributed by atoms with E-state index in [-0.39, 0.29) is 0 Å². The summed E-state index contributed by atoms with van der Waals surface area (Å²) in [6, 6.07) is 5.88. The lowest BCUT2D eigenvalue weighted by Crippen LogP contribution is -2.06. The molecule has 0 radical (unpaired) electrons. The number of aromatic nitrogens is 1. The number of aryl methyl sites for hydroxylation is 1. The van der Waals surface area contributed by atoms with Crippen molar-refractivity contribution in [2.24, 2.45) is 5.73 Å². The van der Waals surface area contributed by atoms with Gasteiger partial charge in [0.25, 0.3) is 0 Å². The van der Waals surface area contributed by atoms with E-state index >= 15 is 0 Å². The molecule has 0 unspecified atom stereocenters. The number of thiazole rings is 1. The van der Waals surface area contributed by atoms with E-state index < -0.39 is 0 Å². The predicted molar refractivity (Wildman–Crippen MR) is 78.1 cm³/mol. The number of hydrogen-bond donors (Lipinski definition) is 1. The molecule has 0 saturated carbocycles. The molecule has 3 nitrogen and oxygen atoms in total. The van der Waals surface area contributed by atoms with Crippen molar-refractivity contribution in [2.45, 2.75) is 19.9 Å². The standard InChI is InChI=1S/C13H15BrN2OS/c1-9-13(18-8-16-9)5-6-17-12-4-2-3-11(14)10(12)7-15/h2-4,8H,5-7,15H2,1H3. The first-order valence-electron chi connectivity index (χ1n) is 5.71. The van der Waals surface area contributed by atoms with Crippen LogP contribution in [0.5, 0.6) is 5.75 Å². The smallest absolute Gasteiger partial charge is 0.124 e. The summed E-state index contributed by atoms with van der Waals surface area (Å²) in [5.74, 6) is 0.856. The molecule has 18 heavy (non-hydrogen) atoms. The number of nitrogens with zero attached hydrogens (tertiary/aromatic N) is 1. The molecule has 1 aromatic heterocycles. The second-order valence-electron chi connectivity index (χ2n) is 3.88. The van der Waals surface area contributed by atoms with Gasteiger partial charge < -0.3 is 10.5 Å². The number of nitrogens with two attached hydrogens (primary N) is 1. The molecule has 0 aliphatic carbocycles. The summed E-state index contributed by atoms with van der Waals surface area (Å²) in [5.41, 5.74) is 9.70. The molecule has 96 valence electrons. The Bertz CT molecular complexity index is 527. The van der Waals surface area contributed by atoms with Crippen molar-refractivity contribution in [3.8, 4) is 5.75 Å². The van der Waals surface area contributed by atoms with Crippen molar-refractivity contribution in [1.29, 1.82) is 0 Å². The van der Waals surface area contributed by atoms with Gasteiger partial charge in [0.05, 0.1) is 17.8 Å². The third-order valence-corrected chi connectivity index (χ3v) is 4.45. The molecule has 0 aliphatic heterocycles. The molecule has 0 amide bonds. The fourth-order valence-electron chi connectivity index (χ4n) is 1.69. The quantitative estimate of drug-likeness (QED) is 0.917. The Morgan fingerprint density at radius 1 is 1.44 bits per heavy atom. The van der Waals surface area contributed by atoms with Crippen molar-refractivity contribution >= 4 is 27.3 Å². The first kappa shape index (κ1) is 13.5. The highest BCUT2D eigenvalue weighted by atomic mass is 79.9. The van der Waals surface area contributed by atoms with E-state index in [1.54, 1.807) is 11.3 Å². The highest BCUT2D eigenvalue weighted by Crippen LogP contribution is 2.26. The SMILES string of the molecule is Cc1ncsc1CCOc1cccc(Br)c1CN. The molecule has 1 heterocycles. The lowest BCUT2D eigenvalue weighted by Gasteiger charge is -2.11. The van der Waals surface area contributed by atoms with Gasteiger partial charge >= 0.3 is 0 Å². The van der Waals surface area contributed by atoms with Gasteiger partial charge in [-0.25, -0.2) is 4.98 Å². The number of hydrogen-bond acceptors (Lipinski definition) is 4. The maximum absolute atomic E-state index is 5.81. The van der Waals surface area contributed by atoms with Crippen LogP contribution in [0.15, 0.2) is 28.2 Å². The second-order valence-corrected chi connectivity index (χ2v) is 5.67. The van der Waals surface area contributed by atoms with Crippen molar-refractivity contribution in [1.82, 2.24) is 4.98 Å². The Labute approximate surface area is 119 Å². The number of ether oxygens (including phenoxy) is 1. The van der Waals surface area contributed by atoms with E-state index in [1.807, 2.05) is 30.6 Å². The summed E-state index contributed by atoms with van der Waals surface area (Å²) < 4.78 is 6.80. The maximum atomic E-state index is 5.81. The van der Waals surface area contributed by atoms with Gasteiger partial charge in [-0.05, 0) is 19.1 Å². The zero-order chi connectivity index (χ0) is 13.0. The van der Waals surface area contributed by atoms with Crippen molar-refractivity contribution < 1.29 is 4.74 Å². The van der Waals surface area contributed by atoms with Crippen LogP contribution in [0.4, 0.5) is 0 Å². The Morgan fingerprint density at radius 2 is 2.28 bits per heavy atom. The normalized spacial score (nSPS) is 10.6. The Morgan fingerprint density at radius 3 is 2.94 bits per heavy atom. The molecule has 0 saturated heterocycles. The lowest BCUT2D eigenvalue weighted by atomic mass is 10.2. The first-order chi connectivity index (χ1) is 8.72. The van der Waals surface area contributed by atoms with E-state index in [9.17, 15) is 0 Å². The van der Waals surface area contributed by atoms with Crippen molar-refractivity contribution in [2.75, 3.05) is 6.61 Å². The van der Waals surface area contributed by atoms with Gasteiger partial charge in [0.2, 0.25) is 0 Å². The zero-order valence-electron chi connectivity index (χ0n) is 10.1. The topological polar surface area (TPSA) is 48.1 Å². The summed E-state index contributed by atoms with van der Waals surface area (Å²) >= 11 is 5.15. The summed E-state index contributed by atoms with van der Waals surface area (Å²) in [4.78, 5) is 5.50. The average molecular weight is 327 g/mol. The van der Waals surface area contributed by atoms with Crippen LogP contribution in [0, 0.1) is 6.92 Å². The molecule has 0 spiro atoms. The Balaban J connectivity index is 1.98. The van der Waals surface area contributed by atoms with Crippen LogP contribution < -0.4 is 10.5 Å². The molecule has 0 fully saturated rings. The summed E-state index contributed by atoms with van der Waals surface area (Å²) in [6.45, 7) is 3.14. The van der Waals surface area contributed by atoms with Crippen LogP contribution in [0.25, 0.3) is 0 Å². The molecule has 1 aromatic carbocycles. The maximum Gasteiger partial charge on any atom is 0.124 e. The second kappa shape index (κ2) is 6.31. The van der Waals surface area contributed by atoms with E-state index in [0.29, 0.717) is 13.2 Å². The summed E-state index contributed by atoms with van der Waals surface area (Å²) in [7, 11) is 0. The van der Waals surface area contributed by atoms with Crippen molar-refractivity contribution in [3.05, 3.63) is 44.3 Å². The molecule has 0 atom stereocenters. The lowest BCUT2D eigenvalue weighted by molar-refractivity contribution is 0.319. The van der Waals surface area contributed by atoms with Gasteiger partial charge in [0.15, 0.2) is 0 Å². The van der Waals surface area contributed by atoms with Gasteiger partial charge in [0, 0.05) is 27.9 Å². The minimum absolute atomic E-state index is 0.469. The predicted octanol–water partition coefficient (Wildman–Crippen LogP) is 3.29. The fraction of sp³-hybridized carbons (Fsp3) is 0.308. The first-order valence-corrected chi connectivity index (χ1v) is 7.39. The van der Waals surface area contributed by atoms with E-state index in [0.717, 1.165) is 27.9 Å². The Hall–Kier alpha value is -0.910. The van der Waals surface area contributed by atoms with Gasteiger partial charge in [-0.3, -0.25) is 0 Å². The summed E-state index contributed by atoms with van der Waals surface area (Å²) in [5, 5.41) is 0. The van der Waals surface area contributed by atoms with Gasteiger partial charge in [-0.1, -0.05) is 22.0 Å². The van der Waals surface area contributed by atoms with E-state index in [4.69, 9.17) is 10.5 Å². The molecular formula is C13H15BrN2OS. The molecule has 0 bridgehead atoms. The molecule has 2 rings (SSSR count). The average Bonchev–Trinajstić information content (AvgIpc) is 2.75. The van der Waals surface area contributed by atoms with Crippen molar-refractivity contribution in [3.63, 3.8) is 0 Å². The largest absolute Gasteiger partial charge is 0.493 e. The van der Waals surface area contributed by atoms with Crippen LogP contribution in [-0.4, -0.2) is 11.6 Å². The van der Waals surface area contributed by atoms with Crippen LogP contribution in [0.1, 0.15) is 16.1 Å². The molecule has 5 heteroatoms. The van der Waals surface area contributed by atoms with E-state index in [1.165, 1.54) is 4.88 Å². The molecule has 0 aliphatic rings. The molecule has 2 N–H and O–H groups in total. The highest BCUT2D eigenvalue weighted by Gasteiger charge is 2.07. The van der Waals surface area contributed by atoms with Gasteiger partial charge in [-0.15, -0.1) is 11.3 Å². The van der Waals surface area contributed by atoms with Crippen LogP contribution in [-0.2, 0) is 13.0 Å². The highest BCUT2D eigenvalue weighted by molar-refractivity contribution is 9.10. The van der Waals surface area contributed by atoms with Crippen LogP contribution >= 0.6 is 27.3 Å². The Kier molecular flexibility index (Phi) is 4.74. The fourth-order valence-corrected chi connectivity index (χ4v) is 2.96. The number of halogens is 1. The monoisotopic (exact) mass is 326 g/mol. The molecule has 2 aromatic rings. The minimum Gasteiger partial charge on any atom is -0.493 e.